The van der Waals surface area contributed by atoms with E-state index in [1.165, 1.54) is 13.8 Å². The molecular formula is C10H20N2O4S. The molecule has 100 valence electrons. The van der Waals surface area contributed by atoms with Gasteiger partial charge in [-0.2, -0.15) is 0 Å². The van der Waals surface area contributed by atoms with Crippen LogP contribution in [0.15, 0.2) is 0 Å². The number of ether oxygens (including phenoxy) is 1. The van der Waals surface area contributed by atoms with Crippen LogP contribution in [0, 0.1) is 5.92 Å². The van der Waals surface area contributed by atoms with Crippen molar-refractivity contribution in [3.63, 3.8) is 0 Å². The Balaban J connectivity index is 2.64. The van der Waals surface area contributed by atoms with E-state index in [0.29, 0.717) is 6.61 Å². The van der Waals surface area contributed by atoms with E-state index in [0.717, 1.165) is 6.54 Å². The summed E-state index contributed by atoms with van der Waals surface area (Å²) in [6.07, 6.45) is 0. The van der Waals surface area contributed by atoms with Crippen molar-refractivity contribution in [3.8, 4) is 0 Å². The first-order valence-corrected chi connectivity index (χ1v) is 7.29. The van der Waals surface area contributed by atoms with Crippen LogP contribution >= 0.6 is 0 Å². The molecule has 2 N–H and O–H groups in total. The van der Waals surface area contributed by atoms with Crippen LogP contribution in [-0.2, 0) is 19.6 Å². The molecule has 1 amide bonds. The molecule has 1 rings (SSSR count). The molecule has 6 nitrogen and oxygen atoms in total. The molecule has 7 heteroatoms. The normalized spacial score (nSPS) is 25.2. The number of hydrogen-bond acceptors (Lipinski definition) is 5. The molecular weight excluding hydrogens is 244 g/mol. The van der Waals surface area contributed by atoms with Gasteiger partial charge in [0.25, 0.3) is 0 Å². The van der Waals surface area contributed by atoms with Crippen LogP contribution in [0.2, 0.25) is 0 Å². The van der Waals surface area contributed by atoms with Gasteiger partial charge in [0.1, 0.15) is 0 Å². The maximum Gasteiger partial charge on any atom is 0.240 e. The van der Waals surface area contributed by atoms with Crippen molar-refractivity contribution in [3.05, 3.63) is 0 Å². The third-order valence-electron chi connectivity index (χ3n) is 2.75. The quantitative estimate of drug-likeness (QED) is 0.697. The third kappa shape index (κ3) is 3.65. The van der Waals surface area contributed by atoms with E-state index in [-0.39, 0.29) is 12.6 Å². The Morgan fingerprint density at radius 2 is 2.06 bits per heavy atom. The zero-order valence-electron chi connectivity index (χ0n) is 10.4. The van der Waals surface area contributed by atoms with Crippen molar-refractivity contribution in [2.24, 2.45) is 5.92 Å². The molecule has 1 heterocycles. The van der Waals surface area contributed by atoms with Crippen molar-refractivity contribution < 1.29 is 17.9 Å². The Morgan fingerprint density at radius 1 is 1.41 bits per heavy atom. The van der Waals surface area contributed by atoms with Crippen molar-refractivity contribution in [1.82, 2.24) is 10.0 Å². The molecule has 0 saturated carbocycles. The highest BCUT2D eigenvalue weighted by atomic mass is 32.2. The Hall–Kier alpha value is -0.660. The summed E-state index contributed by atoms with van der Waals surface area (Å²) >= 11 is 0. The summed E-state index contributed by atoms with van der Waals surface area (Å²) in [6, 6.07) is -0.109. The fraction of sp³-hybridized carbons (Fsp3) is 0.900. The number of carbonyl (C=O) groups excluding carboxylic acids is 1. The van der Waals surface area contributed by atoms with Gasteiger partial charge in [0.2, 0.25) is 15.9 Å². The van der Waals surface area contributed by atoms with Crippen LogP contribution in [0.4, 0.5) is 0 Å². The van der Waals surface area contributed by atoms with Crippen LogP contribution in [0.5, 0.6) is 0 Å². The molecule has 0 aromatic heterocycles. The van der Waals surface area contributed by atoms with E-state index in [4.69, 9.17) is 4.74 Å². The van der Waals surface area contributed by atoms with Gasteiger partial charge in [-0.25, -0.2) is 8.42 Å². The number of carbonyl (C=O) groups is 1. The molecule has 2 unspecified atom stereocenters. The maximum atomic E-state index is 11.8. The molecule has 0 aromatic carbocycles. The summed E-state index contributed by atoms with van der Waals surface area (Å²) in [5.74, 6) is -0.925. The second-order valence-corrected chi connectivity index (χ2v) is 6.61. The molecule has 0 aliphatic carbocycles. The lowest BCUT2D eigenvalue weighted by atomic mass is 10.0. The van der Waals surface area contributed by atoms with E-state index < -0.39 is 27.1 Å². The lowest BCUT2D eigenvalue weighted by molar-refractivity contribution is -0.123. The van der Waals surface area contributed by atoms with Gasteiger partial charge in [0, 0.05) is 6.04 Å². The second kappa shape index (κ2) is 5.79. The zero-order valence-corrected chi connectivity index (χ0v) is 11.2. The third-order valence-corrected chi connectivity index (χ3v) is 4.47. The van der Waals surface area contributed by atoms with E-state index in [2.05, 4.69) is 10.0 Å². The van der Waals surface area contributed by atoms with E-state index in [9.17, 15) is 13.2 Å². The molecule has 1 saturated heterocycles. The Kier molecular flexibility index (Phi) is 4.91. The maximum absolute atomic E-state index is 11.8. The van der Waals surface area contributed by atoms with Gasteiger partial charge in [0.15, 0.2) is 0 Å². The largest absolute Gasteiger partial charge is 0.379 e. The SMILES string of the molecule is CCNC1COCC1C(=O)NS(=O)(=O)C(C)C. The highest BCUT2D eigenvalue weighted by molar-refractivity contribution is 7.90. The van der Waals surface area contributed by atoms with Crippen molar-refractivity contribution in [2.75, 3.05) is 19.8 Å². The molecule has 0 aromatic rings. The minimum atomic E-state index is -3.56. The van der Waals surface area contributed by atoms with Crippen molar-refractivity contribution >= 4 is 15.9 Å². The second-order valence-electron chi connectivity index (χ2n) is 4.37. The smallest absolute Gasteiger partial charge is 0.240 e. The number of nitrogens with one attached hydrogen (secondary N) is 2. The molecule has 0 spiro atoms. The first-order valence-electron chi connectivity index (χ1n) is 5.75. The van der Waals surface area contributed by atoms with Crippen LogP contribution in [0.1, 0.15) is 20.8 Å². The van der Waals surface area contributed by atoms with Gasteiger partial charge >= 0.3 is 0 Å². The molecule has 0 bridgehead atoms. The topological polar surface area (TPSA) is 84.5 Å². The average molecular weight is 264 g/mol. The van der Waals surface area contributed by atoms with E-state index >= 15 is 0 Å². The molecule has 17 heavy (non-hydrogen) atoms. The highest BCUT2D eigenvalue weighted by Gasteiger charge is 2.35. The lowest BCUT2D eigenvalue weighted by Gasteiger charge is -2.18. The minimum Gasteiger partial charge on any atom is -0.379 e. The van der Waals surface area contributed by atoms with Gasteiger partial charge in [-0.15, -0.1) is 0 Å². The fourth-order valence-electron chi connectivity index (χ4n) is 1.61. The summed E-state index contributed by atoms with van der Waals surface area (Å²) < 4.78 is 30.4. The fourth-order valence-corrected chi connectivity index (χ4v) is 2.28. The van der Waals surface area contributed by atoms with Crippen LogP contribution < -0.4 is 10.0 Å². The number of likely N-dealkylation sites (N-methyl/N-ethyl adjacent to an activating group) is 1. The molecule has 1 aliphatic rings. The number of sulfonamides is 1. The number of rotatable bonds is 5. The minimum absolute atomic E-state index is 0.109. The summed E-state index contributed by atoms with van der Waals surface area (Å²) in [5.41, 5.74) is 0. The van der Waals surface area contributed by atoms with Gasteiger partial charge in [-0.3, -0.25) is 9.52 Å². The van der Waals surface area contributed by atoms with Gasteiger partial charge < -0.3 is 10.1 Å². The van der Waals surface area contributed by atoms with E-state index in [1.807, 2.05) is 6.92 Å². The number of amides is 1. The zero-order chi connectivity index (χ0) is 13.1. The summed E-state index contributed by atoms with van der Waals surface area (Å²) in [6.45, 7) is 6.41. The standard InChI is InChI=1S/C10H20N2O4S/c1-4-11-9-6-16-5-8(9)10(13)12-17(14,15)7(2)3/h7-9,11H,4-6H2,1-3H3,(H,12,13). The van der Waals surface area contributed by atoms with Gasteiger partial charge in [0.05, 0.1) is 24.4 Å². The van der Waals surface area contributed by atoms with Gasteiger partial charge in [-0.05, 0) is 20.4 Å². The number of hydrogen-bond donors (Lipinski definition) is 2. The average Bonchev–Trinajstić information content (AvgIpc) is 2.65. The molecule has 2 atom stereocenters. The molecule has 1 aliphatic heterocycles. The molecule has 1 fully saturated rings. The monoisotopic (exact) mass is 264 g/mol. The Bertz CT molecular complexity index is 367. The van der Waals surface area contributed by atoms with Gasteiger partial charge in [-0.1, -0.05) is 6.92 Å². The van der Waals surface area contributed by atoms with Crippen LogP contribution in [0.3, 0.4) is 0 Å². The Morgan fingerprint density at radius 3 is 2.59 bits per heavy atom. The summed E-state index contributed by atoms with van der Waals surface area (Å²) in [5, 5.41) is 2.49. The van der Waals surface area contributed by atoms with Crippen LogP contribution in [-0.4, -0.2) is 45.4 Å². The first kappa shape index (κ1) is 14.4. The van der Waals surface area contributed by atoms with Crippen molar-refractivity contribution in [1.29, 1.82) is 0 Å². The van der Waals surface area contributed by atoms with Crippen molar-refractivity contribution in [2.45, 2.75) is 32.1 Å². The summed E-state index contributed by atoms with van der Waals surface area (Å²) in [7, 11) is -3.56. The predicted molar refractivity (Wildman–Crippen MR) is 64.0 cm³/mol. The first-order chi connectivity index (χ1) is 7.88. The highest BCUT2D eigenvalue weighted by Crippen LogP contribution is 2.14. The predicted octanol–water partition coefficient (Wildman–Crippen LogP) is -0.535. The molecule has 0 radical (unpaired) electrons. The lowest BCUT2D eigenvalue weighted by Crippen LogP contribution is -2.46. The van der Waals surface area contributed by atoms with E-state index in [1.54, 1.807) is 0 Å². The van der Waals surface area contributed by atoms with Crippen LogP contribution in [0.25, 0.3) is 0 Å². The summed E-state index contributed by atoms with van der Waals surface area (Å²) in [4.78, 5) is 11.8. The Labute approximate surface area is 102 Å².